The lowest BCUT2D eigenvalue weighted by atomic mass is 10.2. The van der Waals surface area contributed by atoms with E-state index < -0.39 is 10.0 Å². The van der Waals surface area contributed by atoms with Crippen molar-refractivity contribution < 1.29 is 8.42 Å². The van der Waals surface area contributed by atoms with E-state index in [9.17, 15) is 8.42 Å². The van der Waals surface area contributed by atoms with Crippen molar-refractivity contribution in [3.05, 3.63) is 50.6 Å². The van der Waals surface area contributed by atoms with E-state index in [-0.39, 0.29) is 6.54 Å². The molecule has 0 fully saturated rings. The van der Waals surface area contributed by atoms with Crippen LogP contribution in [0.25, 0.3) is 0 Å². The summed E-state index contributed by atoms with van der Waals surface area (Å²) in [6.45, 7) is 3.83. The van der Waals surface area contributed by atoms with E-state index in [0.29, 0.717) is 15.2 Å². The van der Waals surface area contributed by atoms with E-state index >= 15 is 0 Å². The second-order valence-electron chi connectivity index (χ2n) is 4.44. The number of hydrogen-bond acceptors (Lipinski definition) is 4. The molecule has 0 amide bonds. The Labute approximate surface area is 137 Å². The minimum absolute atomic E-state index is 0.286. The molecule has 0 atom stereocenters. The number of halogens is 1. The number of hydrogen-bond donors (Lipinski definition) is 2. The van der Waals surface area contributed by atoms with Crippen molar-refractivity contribution in [3.8, 4) is 0 Å². The van der Waals surface area contributed by atoms with Crippen molar-refractivity contribution in [1.29, 1.82) is 0 Å². The first-order valence-electron chi connectivity index (χ1n) is 6.55. The van der Waals surface area contributed by atoms with E-state index in [1.54, 1.807) is 6.07 Å². The molecule has 114 valence electrons. The van der Waals surface area contributed by atoms with Crippen LogP contribution in [0.3, 0.4) is 0 Å². The van der Waals surface area contributed by atoms with Crippen LogP contribution in [-0.4, -0.2) is 15.0 Å². The maximum absolute atomic E-state index is 12.4. The molecule has 2 N–H and O–H groups in total. The van der Waals surface area contributed by atoms with Crippen molar-refractivity contribution in [1.82, 2.24) is 10.0 Å². The molecule has 1 aromatic heterocycles. The van der Waals surface area contributed by atoms with Gasteiger partial charge in [-0.05, 0) is 34.1 Å². The molecule has 0 unspecified atom stereocenters. The van der Waals surface area contributed by atoms with Crippen LogP contribution in [0.15, 0.2) is 45.1 Å². The first-order chi connectivity index (χ1) is 10.0. The van der Waals surface area contributed by atoms with E-state index in [1.165, 1.54) is 11.3 Å². The van der Waals surface area contributed by atoms with Gasteiger partial charge in [0.25, 0.3) is 0 Å². The van der Waals surface area contributed by atoms with Crippen LogP contribution in [0.5, 0.6) is 0 Å². The summed E-state index contributed by atoms with van der Waals surface area (Å²) in [4.78, 5) is 1.29. The third-order valence-electron chi connectivity index (χ3n) is 2.85. The van der Waals surface area contributed by atoms with Gasteiger partial charge >= 0.3 is 0 Å². The van der Waals surface area contributed by atoms with Gasteiger partial charge in [-0.25, -0.2) is 13.1 Å². The third kappa shape index (κ3) is 4.62. The van der Waals surface area contributed by atoms with Gasteiger partial charge in [-0.15, -0.1) is 11.3 Å². The van der Waals surface area contributed by atoms with Gasteiger partial charge in [0.15, 0.2) is 0 Å². The molecule has 1 aromatic carbocycles. The van der Waals surface area contributed by atoms with Crippen LogP contribution >= 0.6 is 27.3 Å². The van der Waals surface area contributed by atoms with Crippen molar-refractivity contribution in [3.63, 3.8) is 0 Å². The third-order valence-corrected chi connectivity index (χ3v) is 6.51. The SMILES string of the molecule is CCNCc1cc(S(=O)(=O)NCc2ccccc2)c(Br)s1. The molecule has 0 radical (unpaired) electrons. The summed E-state index contributed by atoms with van der Waals surface area (Å²) in [5.74, 6) is 0. The second kappa shape index (κ2) is 7.51. The van der Waals surface area contributed by atoms with Crippen molar-refractivity contribution >= 4 is 37.3 Å². The van der Waals surface area contributed by atoms with Crippen molar-refractivity contribution in [2.24, 2.45) is 0 Å². The second-order valence-corrected chi connectivity index (χ2v) is 8.63. The molecular formula is C14H17BrN2O2S2. The monoisotopic (exact) mass is 388 g/mol. The topological polar surface area (TPSA) is 58.2 Å². The van der Waals surface area contributed by atoms with Gasteiger partial charge in [0, 0.05) is 18.0 Å². The number of thiophene rings is 1. The zero-order chi connectivity index (χ0) is 15.3. The molecule has 4 nitrogen and oxygen atoms in total. The quantitative estimate of drug-likeness (QED) is 0.765. The Morgan fingerprint density at radius 2 is 1.90 bits per heavy atom. The number of sulfonamides is 1. The van der Waals surface area contributed by atoms with Gasteiger partial charge in [-0.1, -0.05) is 37.3 Å². The first kappa shape index (κ1) is 16.6. The van der Waals surface area contributed by atoms with E-state index in [1.807, 2.05) is 37.3 Å². The van der Waals surface area contributed by atoms with Gasteiger partial charge in [-0.2, -0.15) is 0 Å². The largest absolute Gasteiger partial charge is 0.312 e. The Kier molecular flexibility index (Phi) is 5.95. The highest BCUT2D eigenvalue weighted by Gasteiger charge is 2.20. The van der Waals surface area contributed by atoms with Gasteiger partial charge in [-0.3, -0.25) is 0 Å². The van der Waals surface area contributed by atoms with Crippen LogP contribution in [0.4, 0.5) is 0 Å². The molecule has 21 heavy (non-hydrogen) atoms. The molecule has 0 aliphatic heterocycles. The van der Waals surface area contributed by atoms with Crippen molar-refractivity contribution in [2.45, 2.75) is 24.9 Å². The fraction of sp³-hybridized carbons (Fsp3) is 0.286. The normalized spacial score (nSPS) is 11.7. The lowest BCUT2D eigenvalue weighted by Crippen LogP contribution is -2.23. The van der Waals surface area contributed by atoms with Crippen LogP contribution in [0, 0.1) is 0 Å². The molecule has 0 aliphatic carbocycles. The summed E-state index contributed by atoms with van der Waals surface area (Å²) in [6, 6.07) is 11.2. The maximum atomic E-state index is 12.4. The molecule has 1 heterocycles. The fourth-order valence-corrected chi connectivity index (χ4v) is 5.44. The smallest absolute Gasteiger partial charge is 0.242 e. The molecule has 0 aliphatic rings. The number of nitrogens with one attached hydrogen (secondary N) is 2. The van der Waals surface area contributed by atoms with Crippen LogP contribution in [-0.2, 0) is 23.1 Å². The Balaban J connectivity index is 2.10. The average molecular weight is 389 g/mol. The summed E-state index contributed by atoms with van der Waals surface area (Å²) in [5.41, 5.74) is 0.931. The summed E-state index contributed by atoms with van der Waals surface area (Å²) in [5, 5.41) is 3.19. The minimum Gasteiger partial charge on any atom is -0.312 e. The Bertz CT molecular complexity index is 684. The Morgan fingerprint density at radius 3 is 2.57 bits per heavy atom. The molecular weight excluding hydrogens is 372 g/mol. The number of benzene rings is 1. The first-order valence-corrected chi connectivity index (χ1v) is 9.64. The zero-order valence-electron chi connectivity index (χ0n) is 11.6. The minimum atomic E-state index is -3.51. The standard InChI is InChI=1S/C14H17BrN2O2S2/c1-2-16-10-12-8-13(14(15)20-12)21(18,19)17-9-11-6-4-3-5-7-11/h3-8,16-17H,2,9-10H2,1H3. The molecule has 2 aromatic rings. The van der Waals surface area contributed by atoms with E-state index in [4.69, 9.17) is 0 Å². The van der Waals surface area contributed by atoms with Crippen molar-refractivity contribution in [2.75, 3.05) is 6.54 Å². The lowest BCUT2D eigenvalue weighted by Gasteiger charge is -2.05. The summed E-state index contributed by atoms with van der Waals surface area (Å²) in [7, 11) is -3.51. The predicted octanol–water partition coefficient (Wildman–Crippen LogP) is 3.10. The highest BCUT2D eigenvalue weighted by Crippen LogP contribution is 2.31. The highest BCUT2D eigenvalue weighted by molar-refractivity contribution is 9.11. The summed E-state index contributed by atoms with van der Waals surface area (Å²) in [6.07, 6.45) is 0. The maximum Gasteiger partial charge on any atom is 0.242 e. The van der Waals surface area contributed by atoms with Gasteiger partial charge in [0.2, 0.25) is 10.0 Å². The van der Waals surface area contributed by atoms with Crippen LogP contribution in [0.1, 0.15) is 17.4 Å². The fourth-order valence-electron chi connectivity index (χ4n) is 1.77. The molecule has 0 spiro atoms. The molecule has 0 saturated heterocycles. The van der Waals surface area contributed by atoms with Gasteiger partial charge in [0.05, 0.1) is 3.79 Å². The van der Waals surface area contributed by atoms with Crippen LogP contribution < -0.4 is 10.0 Å². The Morgan fingerprint density at radius 1 is 1.19 bits per heavy atom. The van der Waals surface area contributed by atoms with Gasteiger partial charge < -0.3 is 5.32 Å². The van der Waals surface area contributed by atoms with Crippen LogP contribution in [0.2, 0.25) is 0 Å². The molecule has 0 bridgehead atoms. The Hall–Kier alpha value is -0.730. The predicted molar refractivity (Wildman–Crippen MR) is 89.9 cm³/mol. The number of rotatable bonds is 7. The molecule has 0 saturated carbocycles. The highest BCUT2D eigenvalue weighted by atomic mass is 79.9. The summed E-state index contributed by atoms with van der Waals surface area (Å²) < 4.78 is 28.0. The molecule has 2 rings (SSSR count). The average Bonchev–Trinajstić information content (AvgIpc) is 2.86. The van der Waals surface area contributed by atoms with E-state index in [2.05, 4.69) is 26.0 Å². The summed E-state index contributed by atoms with van der Waals surface area (Å²) >= 11 is 4.78. The molecule has 7 heteroatoms. The zero-order valence-corrected chi connectivity index (χ0v) is 14.8. The van der Waals surface area contributed by atoms with E-state index in [0.717, 1.165) is 17.0 Å². The lowest BCUT2D eigenvalue weighted by molar-refractivity contribution is 0.581. The van der Waals surface area contributed by atoms with Gasteiger partial charge in [0.1, 0.15) is 4.90 Å².